The maximum Gasteiger partial charge on any atom is 0.573 e. The number of benzene rings is 2. The highest BCUT2D eigenvalue weighted by Gasteiger charge is 2.32. The maximum atomic E-state index is 13.2. The van der Waals surface area contributed by atoms with E-state index in [0.29, 0.717) is 48.3 Å². The van der Waals surface area contributed by atoms with E-state index in [9.17, 15) is 22.8 Å². The highest BCUT2D eigenvalue weighted by atomic mass is 19.4. The third-order valence-corrected chi connectivity index (χ3v) is 6.18. The quantitative estimate of drug-likeness (QED) is 0.432. The van der Waals surface area contributed by atoms with Crippen LogP contribution >= 0.6 is 0 Å². The number of aromatic nitrogens is 2. The number of hydrogen-bond donors (Lipinski definition) is 1. The largest absolute Gasteiger partial charge is 0.573 e. The molecule has 0 unspecified atom stereocenters. The summed E-state index contributed by atoms with van der Waals surface area (Å²) in [5, 5.41) is 2.89. The van der Waals surface area contributed by atoms with E-state index in [1.165, 1.54) is 25.3 Å². The topological polar surface area (TPSA) is 94.9 Å². The summed E-state index contributed by atoms with van der Waals surface area (Å²) >= 11 is 0. The smallest absolute Gasteiger partial charge is 0.497 e. The highest BCUT2D eigenvalue weighted by molar-refractivity contribution is 5.93. The number of hydrogen-bond acceptors (Lipinski definition) is 6. The van der Waals surface area contributed by atoms with Crippen molar-refractivity contribution in [2.24, 2.45) is 5.92 Å². The minimum absolute atomic E-state index is 0.116. The minimum atomic E-state index is -4.81. The number of carbonyl (C=O) groups is 2. The minimum Gasteiger partial charge on any atom is -0.497 e. The van der Waals surface area contributed by atoms with Gasteiger partial charge in [-0.3, -0.25) is 10.1 Å². The van der Waals surface area contributed by atoms with Crippen molar-refractivity contribution >= 4 is 29.0 Å². The second-order valence-corrected chi connectivity index (χ2v) is 10.3. The summed E-state index contributed by atoms with van der Waals surface area (Å²) in [5.74, 6) is -0.138. The van der Waals surface area contributed by atoms with Crippen LogP contribution in [0.4, 0.5) is 23.9 Å². The number of halogens is 3. The first-order valence-corrected chi connectivity index (χ1v) is 12.5. The predicted molar refractivity (Wildman–Crippen MR) is 138 cm³/mol. The lowest BCUT2D eigenvalue weighted by Gasteiger charge is -2.32. The van der Waals surface area contributed by atoms with Crippen LogP contribution in [0, 0.1) is 5.92 Å². The van der Waals surface area contributed by atoms with Gasteiger partial charge in [0.2, 0.25) is 11.9 Å². The first-order chi connectivity index (χ1) is 18.3. The Bertz CT molecular complexity index is 1340. The van der Waals surface area contributed by atoms with Gasteiger partial charge < -0.3 is 23.7 Å². The van der Waals surface area contributed by atoms with Crippen LogP contribution in [0.1, 0.15) is 39.2 Å². The molecule has 1 N–H and O–H groups in total. The normalized spacial score (nSPS) is 14.8. The summed E-state index contributed by atoms with van der Waals surface area (Å²) in [4.78, 5) is 31.7. The van der Waals surface area contributed by atoms with Gasteiger partial charge >= 0.3 is 12.5 Å². The van der Waals surface area contributed by atoms with Crippen LogP contribution in [-0.4, -0.2) is 58.6 Å². The summed E-state index contributed by atoms with van der Waals surface area (Å²) in [7, 11) is 1.52. The number of anilines is 1. The molecule has 1 aromatic heterocycles. The van der Waals surface area contributed by atoms with E-state index in [0.717, 1.165) is 0 Å². The molecule has 4 rings (SSSR count). The van der Waals surface area contributed by atoms with Crippen molar-refractivity contribution in [3.63, 3.8) is 0 Å². The fraction of sp³-hybridized carbons (Fsp3) is 0.444. The van der Waals surface area contributed by atoms with Gasteiger partial charge in [-0.25, -0.2) is 9.78 Å². The van der Waals surface area contributed by atoms with Crippen molar-refractivity contribution in [3.8, 4) is 11.5 Å². The average Bonchev–Trinajstić information content (AvgIpc) is 3.18. The molecule has 2 amide bonds. The Hall–Kier alpha value is -3.96. The maximum absolute atomic E-state index is 13.2. The van der Waals surface area contributed by atoms with Gasteiger partial charge in [0.05, 0.1) is 24.7 Å². The second-order valence-electron chi connectivity index (χ2n) is 10.3. The number of nitrogens with zero attached hydrogens (tertiary/aromatic N) is 3. The van der Waals surface area contributed by atoms with Gasteiger partial charge in [0.15, 0.2) is 0 Å². The molecule has 0 bridgehead atoms. The number of fused-ring (bicyclic) bond motifs is 1. The number of methoxy groups -OCH3 is 1. The molecule has 0 radical (unpaired) electrons. The van der Waals surface area contributed by atoms with Crippen molar-refractivity contribution in [2.75, 3.05) is 25.5 Å². The van der Waals surface area contributed by atoms with Gasteiger partial charge in [0.1, 0.15) is 17.1 Å². The number of likely N-dealkylation sites (tertiary alicyclic amines) is 1. The van der Waals surface area contributed by atoms with E-state index in [-0.39, 0.29) is 30.1 Å². The van der Waals surface area contributed by atoms with Crippen LogP contribution in [-0.2, 0) is 16.1 Å². The van der Waals surface area contributed by atoms with E-state index in [1.807, 2.05) is 0 Å². The van der Waals surface area contributed by atoms with E-state index < -0.39 is 18.1 Å². The molecule has 1 aliphatic heterocycles. The first-order valence-electron chi connectivity index (χ1n) is 12.5. The molecule has 0 aliphatic carbocycles. The fourth-order valence-corrected chi connectivity index (χ4v) is 4.37. The number of rotatable bonds is 6. The van der Waals surface area contributed by atoms with Gasteiger partial charge in [-0.15, -0.1) is 13.2 Å². The van der Waals surface area contributed by atoms with Crippen molar-refractivity contribution < 1.29 is 37.0 Å². The third kappa shape index (κ3) is 7.33. The van der Waals surface area contributed by atoms with Crippen LogP contribution in [0.5, 0.6) is 11.5 Å². The predicted octanol–water partition coefficient (Wildman–Crippen LogP) is 5.58. The van der Waals surface area contributed by atoms with Gasteiger partial charge in [-0.05, 0) is 63.4 Å². The molecule has 12 heteroatoms. The molecule has 0 spiro atoms. The Morgan fingerprint density at radius 3 is 2.41 bits per heavy atom. The van der Waals surface area contributed by atoms with Crippen LogP contribution < -0.4 is 14.8 Å². The van der Waals surface area contributed by atoms with Crippen molar-refractivity contribution in [1.82, 2.24) is 14.5 Å². The number of nitrogens with one attached hydrogen (secondary N) is 1. The molecule has 39 heavy (non-hydrogen) atoms. The Morgan fingerprint density at radius 2 is 1.77 bits per heavy atom. The Kier molecular flexibility index (Phi) is 7.94. The lowest BCUT2D eigenvalue weighted by Crippen LogP contribution is -2.43. The number of ether oxygens (including phenoxy) is 3. The summed E-state index contributed by atoms with van der Waals surface area (Å²) < 4.78 is 54.7. The molecule has 1 aliphatic rings. The monoisotopic (exact) mass is 548 g/mol. The van der Waals surface area contributed by atoms with Gasteiger partial charge in [-0.1, -0.05) is 12.1 Å². The zero-order valence-corrected chi connectivity index (χ0v) is 22.2. The molecule has 2 aromatic carbocycles. The summed E-state index contributed by atoms with van der Waals surface area (Å²) in [6.45, 7) is 6.27. The number of carbonyl (C=O) groups excluding carboxylic acids is 2. The molecule has 0 atom stereocenters. The zero-order valence-electron chi connectivity index (χ0n) is 22.2. The van der Waals surface area contributed by atoms with E-state index in [1.54, 1.807) is 54.5 Å². The number of piperidine rings is 1. The molecule has 1 fully saturated rings. The molecular formula is C27H31F3N4O5. The number of imidazole rings is 1. The first kappa shape index (κ1) is 28.1. The molecule has 3 aromatic rings. The van der Waals surface area contributed by atoms with Gasteiger partial charge in [-0.2, -0.15) is 0 Å². The average molecular weight is 549 g/mol. The van der Waals surface area contributed by atoms with Crippen LogP contribution in [0.2, 0.25) is 0 Å². The molecule has 9 nitrogen and oxygen atoms in total. The molecule has 210 valence electrons. The van der Waals surface area contributed by atoms with Crippen molar-refractivity contribution in [3.05, 3.63) is 48.0 Å². The van der Waals surface area contributed by atoms with E-state index in [4.69, 9.17) is 9.47 Å². The van der Waals surface area contributed by atoms with Gasteiger partial charge in [0, 0.05) is 25.1 Å². The van der Waals surface area contributed by atoms with Crippen LogP contribution in [0.15, 0.2) is 42.5 Å². The van der Waals surface area contributed by atoms with Crippen molar-refractivity contribution in [2.45, 2.75) is 52.1 Å². The van der Waals surface area contributed by atoms with Crippen molar-refractivity contribution in [1.29, 1.82) is 0 Å². The second kappa shape index (κ2) is 11.0. The molecule has 2 heterocycles. The number of amides is 2. The fourth-order valence-electron chi connectivity index (χ4n) is 4.37. The lowest BCUT2D eigenvalue weighted by molar-refractivity contribution is -0.274. The molecular weight excluding hydrogens is 517 g/mol. The Morgan fingerprint density at radius 1 is 1.05 bits per heavy atom. The standard InChI is InChI=1S/C27H31F3N4O5/c1-26(2,3)39-25(36)33-12-10-18(11-13-33)23(35)32-24-31-21-9-8-19(37-4)15-22(21)34(24)16-17-6-5-7-20(14-17)38-27(28,29)30/h5-9,14-15,18H,10-13,16H2,1-4H3,(H,31,32,35). The van der Waals surface area contributed by atoms with Crippen LogP contribution in [0.25, 0.3) is 11.0 Å². The molecule has 1 saturated heterocycles. The highest BCUT2D eigenvalue weighted by Crippen LogP contribution is 2.29. The van der Waals surface area contributed by atoms with E-state index >= 15 is 0 Å². The summed E-state index contributed by atoms with van der Waals surface area (Å²) in [5.41, 5.74) is 1.12. The number of alkyl halides is 3. The van der Waals surface area contributed by atoms with Crippen LogP contribution in [0.3, 0.4) is 0 Å². The van der Waals surface area contributed by atoms with Gasteiger partial charge in [0.25, 0.3) is 0 Å². The third-order valence-electron chi connectivity index (χ3n) is 6.18. The summed E-state index contributed by atoms with van der Waals surface area (Å²) in [6.07, 6.45) is -4.31. The Balaban J connectivity index is 1.53. The molecule has 0 saturated carbocycles. The lowest BCUT2D eigenvalue weighted by atomic mass is 9.96. The SMILES string of the molecule is COc1ccc2nc(NC(=O)C3CCN(C(=O)OC(C)(C)C)CC3)n(Cc3cccc(OC(F)(F)F)c3)c2c1. The van der Waals surface area contributed by atoms with E-state index in [2.05, 4.69) is 15.0 Å². The zero-order chi connectivity index (χ0) is 28.4. The summed E-state index contributed by atoms with van der Waals surface area (Å²) in [6, 6.07) is 10.8. The Labute approximate surface area is 223 Å².